The van der Waals surface area contributed by atoms with Crippen LogP contribution in [0.2, 0.25) is 0 Å². The fourth-order valence-electron chi connectivity index (χ4n) is 2.06. The van der Waals surface area contributed by atoms with E-state index in [2.05, 4.69) is 25.8 Å². The first kappa shape index (κ1) is 14.8. The summed E-state index contributed by atoms with van der Waals surface area (Å²) in [6.45, 7) is 0. The topological polar surface area (TPSA) is 66.0 Å². The number of hydrogen-bond acceptors (Lipinski definition) is 6. The lowest BCUT2D eigenvalue weighted by molar-refractivity contribution is 0.982. The van der Waals surface area contributed by atoms with Crippen molar-refractivity contribution in [1.82, 2.24) is 15.2 Å². The van der Waals surface area contributed by atoms with E-state index >= 15 is 0 Å². The molecule has 0 bridgehead atoms. The molecule has 0 atom stereocenters. The van der Waals surface area contributed by atoms with Crippen LogP contribution in [0.3, 0.4) is 0 Å². The van der Waals surface area contributed by atoms with Gasteiger partial charge in [-0.2, -0.15) is 10.1 Å². The van der Waals surface area contributed by atoms with Crippen molar-refractivity contribution < 1.29 is 0 Å². The van der Waals surface area contributed by atoms with Crippen LogP contribution in [0.15, 0.2) is 60.8 Å². The molecule has 2 aromatic carbocycles. The van der Waals surface area contributed by atoms with Gasteiger partial charge in [-0.25, -0.2) is 0 Å². The quantitative estimate of drug-likeness (QED) is 0.753. The lowest BCUT2D eigenvalue weighted by Gasteiger charge is -2.13. The van der Waals surface area contributed by atoms with Crippen molar-refractivity contribution in [3.05, 3.63) is 60.8 Å². The first-order valence-electron chi connectivity index (χ1n) is 7.27. The highest BCUT2D eigenvalue weighted by atomic mass is 15.3. The standard InChI is InChI=1S/C17H18N6/c1-23(2)15-10-8-14(9-11-15)20-17-21-16(12-18-22-17)19-13-6-4-3-5-7-13/h3-12H,1-2H3,(H2,19,20,21,22). The highest BCUT2D eigenvalue weighted by Gasteiger charge is 2.02. The largest absolute Gasteiger partial charge is 0.378 e. The Labute approximate surface area is 135 Å². The van der Waals surface area contributed by atoms with Gasteiger partial charge in [0.2, 0.25) is 5.95 Å². The van der Waals surface area contributed by atoms with Crippen molar-refractivity contribution >= 4 is 28.8 Å². The second-order valence-electron chi connectivity index (χ2n) is 5.22. The summed E-state index contributed by atoms with van der Waals surface area (Å²) in [6.07, 6.45) is 1.59. The number of benzene rings is 2. The summed E-state index contributed by atoms with van der Waals surface area (Å²) in [5.74, 6) is 1.09. The molecule has 0 saturated carbocycles. The third kappa shape index (κ3) is 3.94. The van der Waals surface area contributed by atoms with E-state index in [0.717, 1.165) is 17.1 Å². The van der Waals surface area contributed by atoms with Gasteiger partial charge in [0.05, 0.1) is 6.20 Å². The molecular formula is C17H18N6. The van der Waals surface area contributed by atoms with Crippen molar-refractivity contribution in [1.29, 1.82) is 0 Å². The summed E-state index contributed by atoms with van der Waals surface area (Å²) in [5, 5.41) is 14.3. The molecule has 3 rings (SSSR count). The van der Waals surface area contributed by atoms with E-state index in [9.17, 15) is 0 Å². The van der Waals surface area contributed by atoms with Gasteiger partial charge in [0.1, 0.15) is 0 Å². The number of anilines is 5. The zero-order valence-electron chi connectivity index (χ0n) is 13.1. The number of nitrogens with zero attached hydrogens (tertiary/aromatic N) is 4. The maximum absolute atomic E-state index is 4.41. The smallest absolute Gasteiger partial charge is 0.249 e. The summed E-state index contributed by atoms with van der Waals surface area (Å²) in [7, 11) is 4.02. The average Bonchev–Trinajstić information content (AvgIpc) is 2.57. The molecule has 3 aromatic rings. The lowest BCUT2D eigenvalue weighted by Crippen LogP contribution is -2.08. The monoisotopic (exact) mass is 306 g/mol. The summed E-state index contributed by atoms with van der Waals surface area (Å²) in [6, 6.07) is 17.8. The van der Waals surface area contributed by atoms with Gasteiger partial charge in [-0.3, -0.25) is 0 Å². The normalized spacial score (nSPS) is 10.2. The molecule has 23 heavy (non-hydrogen) atoms. The van der Waals surface area contributed by atoms with E-state index in [1.807, 2.05) is 73.6 Å². The first-order valence-corrected chi connectivity index (χ1v) is 7.27. The maximum Gasteiger partial charge on any atom is 0.249 e. The molecule has 0 fully saturated rings. The zero-order chi connectivity index (χ0) is 16.1. The third-order valence-corrected chi connectivity index (χ3v) is 3.24. The molecule has 0 amide bonds. The van der Waals surface area contributed by atoms with Gasteiger partial charge >= 0.3 is 0 Å². The van der Waals surface area contributed by atoms with Gasteiger partial charge < -0.3 is 15.5 Å². The summed E-state index contributed by atoms with van der Waals surface area (Å²) < 4.78 is 0. The van der Waals surface area contributed by atoms with Crippen LogP contribution in [0, 0.1) is 0 Å². The fourth-order valence-corrected chi connectivity index (χ4v) is 2.06. The highest BCUT2D eigenvalue weighted by Crippen LogP contribution is 2.19. The van der Waals surface area contributed by atoms with Gasteiger partial charge in [0, 0.05) is 31.2 Å². The number of rotatable bonds is 5. The highest BCUT2D eigenvalue weighted by molar-refractivity contribution is 5.60. The van der Waals surface area contributed by atoms with E-state index in [-0.39, 0.29) is 0 Å². The summed E-state index contributed by atoms with van der Waals surface area (Å²) in [5.41, 5.74) is 3.00. The minimum Gasteiger partial charge on any atom is -0.378 e. The van der Waals surface area contributed by atoms with E-state index in [1.165, 1.54) is 0 Å². The van der Waals surface area contributed by atoms with Crippen LogP contribution in [0.5, 0.6) is 0 Å². The van der Waals surface area contributed by atoms with Crippen LogP contribution < -0.4 is 15.5 Å². The second-order valence-corrected chi connectivity index (χ2v) is 5.22. The average molecular weight is 306 g/mol. The van der Waals surface area contributed by atoms with Crippen molar-refractivity contribution in [3.63, 3.8) is 0 Å². The lowest BCUT2D eigenvalue weighted by atomic mass is 10.2. The number of para-hydroxylation sites is 1. The van der Waals surface area contributed by atoms with Gasteiger partial charge in [-0.1, -0.05) is 18.2 Å². The molecule has 0 unspecified atom stereocenters. The molecule has 1 aromatic heterocycles. The molecule has 0 radical (unpaired) electrons. The van der Waals surface area contributed by atoms with Crippen LogP contribution in [-0.4, -0.2) is 29.3 Å². The SMILES string of the molecule is CN(C)c1ccc(Nc2nncc(Nc3ccccc3)n2)cc1. The van der Waals surface area contributed by atoms with Crippen LogP contribution in [0.25, 0.3) is 0 Å². The Morgan fingerprint density at radius 2 is 1.52 bits per heavy atom. The molecule has 0 aliphatic rings. The van der Waals surface area contributed by atoms with E-state index in [4.69, 9.17) is 0 Å². The molecule has 0 saturated heterocycles. The fraction of sp³-hybridized carbons (Fsp3) is 0.118. The molecule has 0 aliphatic carbocycles. The molecule has 6 heteroatoms. The minimum atomic E-state index is 0.448. The van der Waals surface area contributed by atoms with Crippen LogP contribution in [0.4, 0.5) is 28.8 Å². The van der Waals surface area contributed by atoms with Crippen LogP contribution in [-0.2, 0) is 0 Å². The number of nitrogens with one attached hydrogen (secondary N) is 2. The molecule has 116 valence electrons. The minimum absolute atomic E-state index is 0.448. The molecule has 2 N–H and O–H groups in total. The number of hydrogen-bond donors (Lipinski definition) is 2. The Kier molecular flexibility index (Phi) is 4.33. The molecule has 0 spiro atoms. The van der Waals surface area contributed by atoms with Crippen LogP contribution in [0.1, 0.15) is 0 Å². The maximum atomic E-state index is 4.41. The van der Waals surface area contributed by atoms with E-state index in [0.29, 0.717) is 11.8 Å². The molecule has 0 aliphatic heterocycles. The Hall–Kier alpha value is -3.15. The Bertz CT molecular complexity index is 756. The van der Waals surface area contributed by atoms with Gasteiger partial charge in [0.15, 0.2) is 5.82 Å². The predicted octanol–water partition coefficient (Wildman–Crippen LogP) is 3.42. The molecule has 6 nitrogen and oxygen atoms in total. The third-order valence-electron chi connectivity index (χ3n) is 3.24. The van der Waals surface area contributed by atoms with Crippen molar-refractivity contribution in [2.75, 3.05) is 29.6 Å². The summed E-state index contributed by atoms with van der Waals surface area (Å²) in [4.78, 5) is 6.46. The van der Waals surface area contributed by atoms with Crippen molar-refractivity contribution in [3.8, 4) is 0 Å². The van der Waals surface area contributed by atoms with Gasteiger partial charge in [-0.05, 0) is 36.4 Å². The van der Waals surface area contributed by atoms with Crippen molar-refractivity contribution in [2.24, 2.45) is 0 Å². The zero-order valence-corrected chi connectivity index (χ0v) is 13.1. The van der Waals surface area contributed by atoms with Crippen molar-refractivity contribution in [2.45, 2.75) is 0 Å². The van der Waals surface area contributed by atoms with E-state index in [1.54, 1.807) is 6.20 Å². The first-order chi connectivity index (χ1) is 11.2. The predicted molar refractivity (Wildman–Crippen MR) is 93.6 cm³/mol. The Balaban J connectivity index is 1.72. The van der Waals surface area contributed by atoms with Gasteiger partial charge in [0.25, 0.3) is 0 Å². The second kappa shape index (κ2) is 6.74. The Morgan fingerprint density at radius 3 is 2.22 bits per heavy atom. The van der Waals surface area contributed by atoms with Gasteiger partial charge in [-0.15, -0.1) is 5.10 Å². The van der Waals surface area contributed by atoms with Crippen LogP contribution >= 0.6 is 0 Å². The molecule has 1 heterocycles. The summed E-state index contributed by atoms with van der Waals surface area (Å²) >= 11 is 0. The Morgan fingerprint density at radius 1 is 0.826 bits per heavy atom. The number of aromatic nitrogens is 3. The van der Waals surface area contributed by atoms with E-state index < -0.39 is 0 Å². The molecular weight excluding hydrogens is 288 g/mol.